The molecule has 3 rings (SSSR count). The van der Waals surface area contributed by atoms with Crippen molar-refractivity contribution in [3.8, 4) is 0 Å². The van der Waals surface area contributed by atoms with Crippen LogP contribution in [0.5, 0.6) is 0 Å². The third kappa shape index (κ3) is 2.96. The highest BCUT2D eigenvalue weighted by Gasteiger charge is 2.23. The highest BCUT2D eigenvalue weighted by molar-refractivity contribution is 9.10. The number of carbonyl (C=O) groups excluding carboxylic acids is 1. The van der Waals surface area contributed by atoms with Crippen LogP contribution < -0.4 is 0 Å². The predicted octanol–water partition coefficient (Wildman–Crippen LogP) is 2.59. The van der Waals surface area contributed by atoms with Crippen LogP contribution in [0.1, 0.15) is 16.1 Å². The van der Waals surface area contributed by atoms with Crippen molar-refractivity contribution in [2.24, 2.45) is 0 Å². The predicted molar refractivity (Wildman–Crippen MR) is 76.3 cm³/mol. The number of rotatable bonds is 3. The summed E-state index contributed by atoms with van der Waals surface area (Å²) in [6, 6.07) is 5.57. The first kappa shape index (κ1) is 13.5. The molecule has 0 spiro atoms. The Morgan fingerprint density at radius 3 is 2.60 bits per heavy atom. The van der Waals surface area contributed by atoms with Crippen LogP contribution >= 0.6 is 15.9 Å². The second-order valence-corrected chi connectivity index (χ2v) is 5.57. The van der Waals surface area contributed by atoms with Crippen LogP contribution in [-0.2, 0) is 6.54 Å². The van der Waals surface area contributed by atoms with Crippen LogP contribution in [-0.4, -0.2) is 41.9 Å². The van der Waals surface area contributed by atoms with Gasteiger partial charge in [0, 0.05) is 26.2 Å². The zero-order valence-corrected chi connectivity index (χ0v) is 12.5. The van der Waals surface area contributed by atoms with Gasteiger partial charge in [-0.3, -0.25) is 9.69 Å². The van der Waals surface area contributed by atoms with Crippen LogP contribution in [0.3, 0.4) is 0 Å². The zero-order valence-electron chi connectivity index (χ0n) is 10.9. The standard InChI is InChI=1S/C14H15BrN2O3/c15-13-2-1-12(20-13)9-16-4-6-17(7-5-16)14(18)11-3-8-19-10-11/h1-3,8,10H,4-7,9H2. The van der Waals surface area contributed by atoms with Gasteiger partial charge in [0.1, 0.15) is 12.0 Å². The number of piperazine rings is 1. The third-order valence-electron chi connectivity index (χ3n) is 3.44. The lowest BCUT2D eigenvalue weighted by atomic mass is 10.2. The summed E-state index contributed by atoms with van der Waals surface area (Å²) >= 11 is 3.30. The molecule has 106 valence electrons. The molecule has 1 aliphatic rings. The minimum absolute atomic E-state index is 0.0409. The molecular weight excluding hydrogens is 324 g/mol. The Balaban J connectivity index is 1.53. The lowest BCUT2D eigenvalue weighted by molar-refractivity contribution is 0.0619. The maximum absolute atomic E-state index is 12.2. The Labute approximate surface area is 125 Å². The molecule has 5 nitrogen and oxygen atoms in total. The maximum Gasteiger partial charge on any atom is 0.257 e. The Morgan fingerprint density at radius 2 is 2.00 bits per heavy atom. The highest BCUT2D eigenvalue weighted by Crippen LogP contribution is 2.17. The summed E-state index contributed by atoms with van der Waals surface area (Å²) in [5.74, 6) is 0.977. The summed E-state index contributed by atoms with van der Waals surface area (Å²) in [7, 11) is 0. The van der Waals surface area contributed by atoms with E-state index in [9.17, 15) is 4.79 Å². The van der Waals surface area contributed by atoms with E-state index >= 15 is 0 Å². The quantitative estimate of drug-likeness (QED) is 0.863. The summed E-state index contributed by atoms with van der Waals surface area (Å²) in [5, 5.41) is 0. The van der Waals surface area contributed by atoms with Gasteiger partial charge < -0.3 is 13.7 Å². The summed E-state index contributed by atoms with van der Waals surface area (Å²) in [6.07, 6.45) is 3.02. The largest absolute Gasteiger partial charge is 0.472 e. The molecule has 0 saturated carbocycles. The SMILES string of the molecule is O=C(c1ccoc1)N1CCN(Cc2ccc(Br)o2)CC1. The Morgan fingerprint density at radius 1 is 1.20 bits per heavy atom. The zero-order chi connectivity index (χ0) is 13.9. The van der Waals surface area contributed by atoms with E-state index < -0.39 is 0 Å². The van der Waals surface area contributed by atoms with Crippen LogP contribution in [0.4, 0.5) is 0 Å². The number of amides is 1. The molecule has 0 N–H and O–H groups in total. The van der Waals surface area contributed by atoms with Gasteiger partial charge in [0.2, 0.25) is 0 Å². The van der Waals surface area contributed by atoms with Gasteiger partial charge in [-0.25, -0.2) is 0 Å². The summed E-state index contributed by atoms with van der Waals surface area (Å²) < 4.78 is 11.2. The number of carbonyl (C=O) groups is 1. The van der Waals surface area contributed by atoms with Crippen LogP contribution in [0.2, 0.25) is 0 Å². The first-order chi connectivity index (χ1) is 9.72. The van der Waals surface area contributed by atoms with Gasteiger partial charge in [0.05, 0.1) is 18.4 Å². The Kier molecular flexibility index (Phi) is 3.93. The molecule has 6 heteroatoms. The monoisotopic (exact) mass is 338 g/mol. The average Bonchev–Trinajstić information content (AvgIpc) is 3.11. The van der Waals surface area contributed by atoms with Crippen molar-refractivity contribution in [1.29, 1.82) is 0 Å². The molecule has 1 amide bonds. The molecule has 1 fully saturated rings. The fourth-order valence-corrected chi connectivity index (χ4v) is 2.67. The third-order valence-corrected chi connectivity index (χ3v) is 3.86. The van der Waals surface area contributed by atoms with Crippen molar-refractivity contribution in [2.45, 2.75) is 6.54 Å². The molecule has 2 aromatic rings. The van der Waals surface area contributed by atoms with Crippen molar-refractivity contribution in [2.75, 3.05) is 26.2 Å². The van der Waals surface area contributed by atoms with E-state index in [0.29, 0.717) is 5.56 Å². The number of hydrogen-bond acceptors (Lipinski definition) is 4. The molecule has 1 aliphatic heterocycles. The van der Waals surface area contributed by atoms with Crippen molar-refractivity contribution in [1.82, 2.24) is 9.80 Å². The normalized spacial score (nSPS) is 16.6. The molecule has 3 heterocycles. The lowest BCUT2D eigenvalue weighted by Gasteiger charge is -2.34. The van der Waals surface area contributed by atoms with E-state index in [1.807, 2.05) is 17.0 Å². The molecule has 0 atom stereocenters. The van der Waals surface area contributed by atoms with E-state index in [1.165, 1.54) is 12.5 Å². The Hall–Kier alpha value is -1.53. The van der Waals surface area contributed by atoms with E-state index in [0.717, 1.165) is 43.2 Å². The van der Waals surface area contributed by atoms with Gasteiger partial charge in [0.15, 0.2) is 4.67 Å². The van der Waals surface area contributed by atoms with Gasteiger partial charge in [0.25, 0.3) is 5.91 Å². The van der Waals surface area contributed by atoms with Gasteiger partial charge in [-0.2, -0.15) is 0 Å². The molecule has 20 heavy (non-hydrogen) atoms. The summed E-state index contributed by atoms with van der Waals surface area (Å²) in [5.41, 5.74) is 0.619. The molecule has 0 bridgehead atoms. The Bertz CT molecular complexity index is 571. The average molecular weight is 339 g/mol. The second-order valence-electron chi connectivity index (χ2n) is 4.79. The van der Waals surface area contributed by atoms with E-state index in [-0.39, 0.29) is 5.91 Å². The number of halogens is 1. The fourth-order valence-electron chi connectivity index (χ4n) is 2.33. The smallest absolute Gasteiger partial charge is 0.257 e. The summed E-state index contributed by atoms with van der Waals surface area (Å²) in [4.78, 5) is 16.3. The number of furan rings is 2. The van der Waals surface area contributed by atoms with E-state index in [2.05, 4.69) is 20.8 Å². The first-order valence-electron chi connectivity index (χ1n) is 6.50. The second kappa shape index (κ2) is 5.85. The molecule has 0 unspecified atom stereocenters. The molecule has 0 aromatic carbocycles. The van der Waals surface area contributed by atoms with Crippen molar-refractivity contribution >= 4 is 21.8 Å². The molecule has 1 saturated heterocycles. The van der Waals surface area contributed by atoms with Crippen LogP contribution in [0, 0.1) is 0 Å². The van der Waals surface area contributed by atoms with Crippen molar-refractivity contribution < 1.29 is 13.6 Å². The topological polar surface area (TPSA) is 49.8 Å². The van der Waals surface area contributed by atoms with E-state index in [1.54, 1.807) is 6.07 Å². The lowest BCUT2D eigenvalue weighted by Crippen LogP contribution is -2.48. The minimum Gasteiger partial charge on any atom is -0.472 e. The van der Waals surface area contributed by atoms with Gasteiger partial charge in [-0.15, -0.1) is 0 Å². The molecule has 2 aromatic heterocycles. The number of nitrogens with zero attached hydrogens (tertiary/aromatic N) is 2. The van der Waals surface area contributed by atoms with Crippen LogP contribution in [0.15, 0.2) is 44.2 Å². The molecular formula is C14H15BrN2O3. The van der Waals surface area contributed by atoms with Crippen molar-refractivity contribution in [3.63, 3.8) is 0 Å². The first-order valence-corrected chi connectivity index (χ1v) is 7.30. The molecule has 0 aliphatic carbocycles. The molecule has 0 radical (unpaired) electrons. The highest BCUT2D eigenvalue weighted by atomic mass is 79.9. The van der Waals surface area contributed by atoms with Gasteiger partial charge in [-0.1, -0.05) is 0 Å². The van der Waals surface area contributed by atoms with Crippen LogP contribution in [0.25, 0.3) is 0 Å². The summed E-state index contributed by atoms with van der Waals surface area (Å²) in [6.45, 7) is 3.93. The van der Waals surface area contributed by atoms with Gasteiger partial charge in [-0.05, 0) is 34.1 Å². The van der Waals surface area contributed by atoms with E-state index in [4.69, 9.17) is 8.83 Å². The minimum atomic E-state index is 0.0409. The van der Waals surface area contributed by atoms with Crippen molar-refractivity contribution in [3.05, 3.63) is 46.7 Å². The number of hydrogen-bond donors (Lipinski definition) is 0. The maximum atomic E-state index is 12.2. The van der Waals surface area contributed by atoms with Gasteiger partial charge >= 0.3 is 0 Å². The fraction of sp³-hybridized carbons (Fsp3) is 0.357.